The molecular weight excluding hydrogens is 280 g/mol. The van der Waals surface area contributed by atoms with Gasteiger partial charge in [-0.2, -0.15) is 0 Å². The lowest BCUT2D eigenvalue weighted by molar-refractivity contribution is 0.0106. The second-order valence-corrected chi connectivity index (χ2v) is 7.22. The molecule has 0 atom stereocenters. The van der Waals surface area contributed by atoms with E-state index in [0.29, 0.717) is 12.4 Å². The van der Waals surface area contributed by atoms with Gasteiger partial charge in [-0.1, -0.05) is 0 Å². The molecule has 1 amide bonds. The number of aromatic nitrogens is 1. The SMILES string of the molecule is CC(C)(C)OC(=O)N1CCN(c2ccc(N)nc2)CC12CC2. The van der Waals surface area contributed by atoms with Gasteiger partial charge >= 0.3 is 6.09 Å². The molecule has 1 aliphatic carbocycles. The fourth-order valence-corrected chi connectivity index (χ4v) is 2.96. The van der Waals surface area contributed by atoms with Crippen molar-refractivity contribution < 1.29 is 9.53 Å². The van der Waals surface area contributed by atoms with Gasteiger partial charge in [0.15, 0.2) is 0 Å². The van der Waals surface area contributed by atoms with Gasteiger partial charge in [0.25, 0.3) is 0 Å². The van der Waals surface area contributed by atoms with E-state index in [9.17, 15) is 4.79 Å². The summed E-state index contributed by atoms with van der Waals surface area (Å²) in [5, 5.41) is 0. The van der Waals surface area contributed by atoms with Gasteiger partial charge in [-0.3, -0.25) is 4.90 Å². The molecule has 0 bridgehead atoms. The number of hydrogen-bond donors (Lipinski definition) is 1. The fourth-order valence-electron chi connectivity index (χ4n) is 2.96. The Balaban J connectivity index is 1.70. The summed E-state index contributed by atoms with van der Waals surface area (Å²) >= 11 is 0. The van der Waals surface area contributed by atoms with Crippen molar-refractivity contribution >= 4 is 17.6 Å². The normalized spacial score (nSPS) is 20.1. The van der Waals surface area contributed by atoms with Crippen LogP contribution >= 0.6 is 0 Å². The Bertz CT molecular complexity index is 561. The Labute approximate surface area is 131 Å². The van der Waals surface area contributed by atoms with Crippen LogP contribution in [0, 0.1) is 0 Å². The van der Waals surface area contributed by atoms with E-state index in [2.05, 4.69) is 9.88 Å². The summed E-state index contributed by atoms with van der Waals surface area (Å²) in [6.45, 7) is 8.01. The van der Waals surface area contributed by atoms with Gasteiger partial charge in [0, 0.05) is 19.6 Å². The largest absolute Gasteiger partial charge is 0.444 e. The smallest absolute Gasteiger partial charge is 0.410 e. The summed E-state index contributed by atoms with van der Waals surface area (Å²) in [5.74, 6) is 0.525. The van der Waals surface area contributed by atoms with Gasteiger partial charge in [-0.25, -0.2) is 9.78 Å². The van der Waals surface area contributed by atoms with Crippen LogP contribution < -0.4 is 10.6 Å². The summed E-state index contributed by atoms with van der Waals surface area (Å²) < 4.78 is 5.55. The van der Waals surface area contributed by atoms with E-state index in [1.165, 1.54) is 0 Å². The monoisotopic (exact) mass is 304 g/mol. The summed E-state index contributed by atoms with van der Waals surface area (Å²) in [6, 6.07) is 3.80. The van der Waals surface area contributed by atoms with Crippen molar-refractivity contribution in [2.75, 3.05) is 30.3 Å². The van der Waals surface area contributed by atoms with Crippen molar-refractivity contribution in [3.05, 3.63) is 18.3 Å². The van der Waals surface area contributed by atoms with Crippen LogP contribution in [-0.2, 0) is 4.74 Å². The molecule has 1 saturated heterocycles. The number of rotatable bonds is 1. The van der Waals surface area contributed by atoms with Gasteiger partial charge in [0.2, 0.25) is 0 Å². The molecule has 2 N–H and O–H groups in total. The van der Waals surface area contributed by atoms with Crippen LogP contribution in [0.25, 0.3) is 0 Å². The number of carbonyl (C=O) groups is 1. The fraction of sp³-hybridized carbons (Fsp3) is 0.625. The molecule has 2 fully saturated rings. The average molecular weight is 304 g/mol. The highest BCUT2D eigenvalue weighted by Gasteiger charge is 2.54. The molecule has 120 valence electrons. The first kappa shape index (κ1) is 14.9. The van der Waals surface area contributed by atoms with E-state index in [0.717, 1.165) is 31.6 Å². The predicted octanol–water partition coefficient (Wildman–Crippen LogP) is 2.25. The van der Waals surface area contributed by atoms with Crippen molar-refractivity contribution in [2.45, 2.75) is 44.8 Å². The van der Waals surface area contributed by atoms with Crippen LogP contribution in [-0.4, -0.2) is 46.8 Å². The van der Waals surface area contributed by atoms with Crippen LogP contribution in [0.5, 0.6) is 0 Å². The van der Waals surface area contributed by atoms with Crippen molar-refractivity contribution in [2.24, 2.45) is 0 Å². The zero-order chi connectivity index (χ0) is 16.0. The maximum atomic E-state index is 12.4. The summed E-state index contributed by atoms with van der Waals surface area (Å²) in [4.78, 5) is 20.8. The van der Waals surface area contributed by atoms with Crippen molar-refractivity contribution in [3.8, 4) is 0 Å². The first-order valence-electron chi connectivity index (χ1n) is 7.76. The van der Waals surface area contributed by atoms with E-state index in [1.54, 1.807) is 6.20 Å². The number of hydrogen-bond acceptors (Lipinski definition) is 5. The van der Waals surface area contributed by atoms with E-state index >= 15 is 0 Å². The molecule has 1 aromatic heterocycles. The van der Waals surface area contributed by atoms with Crippen LogP contribution in [0.4, 0.5) is 16.3 Å². The summed E-state index contributed by atoms with van der Waals surface area (Å²) in [5.41, 5.74) is 6.18. The van der Waals surface area contributed by atoms with Crippen LogP contribution in [0.3, 0.4) is 0 Å². The molecule has 0 radical (unpaired) electrons. The number of amides is 1. The minimum atomic E-state index is -0.453. The first-order chi connectivity index (χ1) is 10.3. The number of nitrogens with zero attached hydrogens (tertiary/aromatic N) is 3. The van der Waals surface area contributed by atoms with Gasteiger partial charge in [0.05, 0.1) is 17.4 Å². The number of piperazine rings is 1. The number of nitrogens with two attached hydrogens (primary N) is 1. The molecule has 3 rings (SSSR count). The van der Waals surface area contributed by atoms with E-state index in [1.807, 2.05) is 37.8 Å². The summed E-state index contributed by atoms with van der Waals surface area (Å²) in [6.07, 6.45) is 3.67. The molecule has 0 unspecified atom stereocenters. The predicted molar refractivity (Wildman–Crippen MR) is 85.8 cm³/mol. The standard InChI is InChI=1S/C16H24N4O2/c1-15(2,3)22-14(21)20-9-8-19(11-16(20)6-7-16)12-4-5-13(17)18-10-12/h4-5,10H,6-9,11H2,1-3H3,(H2,17,18). The summed E-state index contributed by atoms with van der Waals surface area (Å²) in [7, 11) is 0. The Morgan fingerprint density at radius 3 is 2.59 bits per heavy atom. The average Bonchev–Trinajstić information content (AvgIpc) is 3.17. The molecule has 6 heteroatoms. The maximum Gasteiger partial charge on any atom is 0.410 e. The Kier molecular flexibility index (Phi) is 3.42. The quantitative estimate of drug-likeness (QED) is 0.861. The molecule has 1 saturated carbocycles. The minimum Gasteiger partial charge on any atom is -0.444 e. The third kappa shape index (κ3) is 2.96. The van der Waals surface area contributed by atoms with E-state index in [-0.39, 0.29) is 11.6 Å². The molecule has 1 aromatic rings. The number of pyridine rings is 1. The lowest BCUT2D eigenvalue weighted by Gasteiger charge is -2.43. The highest BCUT2D eigenvalue weighted by atomic mass is 16.6. The maximum absolute atomic E-state index is 12.4. The molecule has 22 heavy (non-hydrogen) atoms. The Hall–Kier alpha value is -1.98. The molecule has 6 nitrogen and oxygen atoms in total. The lowest BCUT2D eigenvalue weighted by atomic mass is 10.1. The Morgan fingerprint density at radius 2 is 2.05 bits per heavy atom. The third-order valence-electron chi connectivity index (χ3n) is 4.23. The third-order valence-corrected chi connectivity index (χ3v) is 4.23. The van der Waals surface area contributed by atoms with Crippen molar-refractivity contribution in [1.29, 1.82) is 0 Å². The minimum absolute atomic E-state index is 0.0675. The van der Waals surface area contributed by atoms with Crippen LogP contribution in [0.1, 0.15) is 33.6 Å². The highest BCUT2D eigenvalue weighted by molar-refractivity contribution is 5.71. The number of anilines is 2. The molecule has 2 heterocycles. The number of carbonyl (C=O) groups excluding carboxylic acids is 1. The molecule has 2 aliphatic rings. The Morgan fingerprint density at radius 1 is 1.32 bits per heavy atom. The molecule has 1 spiro atoms. The second kappa shape index (κ2) is 5.04. The molecular formula is C16H24N4O2. The van der Waals surface area contributed by atoms with Crippen LogP contribution in [0.2, 0.25) is 0 Å². The van der Waals surface area contributed by atoms with Crippen molar-refractivity contribution in [1.82, 2.24) is 9.88 Å². The lowest BCUT2D eigenvalue weighted by Crippen LogP contribution is -2.58. The van der Waals surface area contributed by atoms with Gasteiger partial charge < -0.3 is 15.4 Å². The zero-order valence-electron chi connectivity index (χ0n) is 13.5. The second-order valence-electron chi connectivity index (χ2n) is 7.22. The number of ether oxygens (including phenoxy) is 1. The van der Waals surface area contributed by atoms with Gasteiger partial charge in [-0.15, -0.1) is 0 Å². The molecule has 1 aliphatic heterocycles. The van der Waals surface area contributed by atoms with E-state index in [4.69, 9.17) is 10.5 Å². The topological polar surface area (TPSA) is 71.7 Å². The molecule has 0 aromatic carbocycles. The van der Waals surface area contributed by atoms with Crippen LogP contribution in [0.15, 0.2) is 18.3 Å². The van der Waals surface area contributed by atoms with Gasteiger partial charge in [-0.05, 0) is 45.7 Å². The van der Waals surface area contributed by atoms with Gasteiger partial charge in [0.1, 0.15) is 11.4 Å². The van der Waals surface area contributed by atoms with E-state index < -0.39 is 5.60 Å². The highest BCUT2D eigenvalue weighted by Crippen LogP contribution is 2.45. The zero-order valence-corrected chi connectivity index (χ0v) is 13.5. The van der Waals surface area contributed by atoms with Crippen molar-refractivity contribution in [3.63, 3.8) is 0 Å². The number of nitrogen functional groups attached to an aromatic ring is 1. The first-order valence-corrected chi connectivity index (χ1v) is 7.76.